The normalized spacial score (nSPS) is 12.7. The van der Waals surface area contributed by atoms with Crippen molar-refractivity contribution in [2.24, 2.45) is 0 Å². The molecular weight excluding hydrogens is 234 g/mol. The molecule has 0 saturated carbocycles. The number of hydrogen-bond donors (Lipinski definition) is 1. The van der Waals surface area contributed by atoms with E-state index in [0.29, 0.717) is 12.6 Å². The van der Waals surface area contributed by atoms with Crippen molar-refractivity contribution in [3.8, 4) is 0 Å². The molecule has 1 N–H and O–H groups in total. The standard InChI is InChI=1S/C12H23N3OS/c1-5-11(9-17-4)14-12-13-10(2)8-15(12)6-7-16-3/h8,11H,5-7,9H2,1-4H3,(H,13,14). The largest absolute Gasteiger partial charge is 0.383 e. The van der Waals surface area contributed by atoms with E-state index in [1.54, 1.807) is 7.11 Å². The predicted octanol–water partition coefficient (Wildman–Crippen LogP) is 2.39. The first-order valence-electron chi connectivity index (χ1n) is 5.99. The summed E-state index contributed by atoms with van der Waals surface area (Å²) in [6.07, 6.45) is 5.30. The molecule has 0 aliphatic rings. The molecule has 1 heterocycles. The summed E-state index contributed by atoms with van der Waals surface area (Å²) in [5, 5.41) is 3.50. The molecule has 0 aromatic carbocycles. The van der Waals surface area contributed by atoms with Crippen LogP contribution in [0.15, 0.2) is 6.20 Å². The third-order valence-electron chi connectivity index (χ3n) is 2.63. The summed E-state index contributed by atoms with van der Waals surface area (Å²) in [6.45, 7) is 5.77. The fourth-order valence-electron chi connectivity index (χ4n) is 1.67. The first kappa shape index (κ1) is 14.4. The summed E-state index contributed by atoms with van der Waals surface area (Å²) in [4.78, 5) is 4.52. The van der Waals surface area contributed by atoms with Gasteiger partial charge in [0.15, 0.2) is 0 Å². The van der Waals surface area contributed by atoms with Crippen molar-refractivity contribution in [3.05, 3.63) is 11.9 Å². The van der Waals surface area contributed by atoms with Gasteiger partial charge in [0.2, 0.25) is 5.95 Å². The lowest BCUT2D eigenvalue weighted by Crippen LogP contribution is -2.23. The van der Waals surface area contributed by atoms with Gasteiger partial charge in [-0.05, 0) is 19.6 Å². The summed E-state index contributed by atoms with van der Waals surface area (Å²) >= 11 is 1.86. The minimum atomic E-state index is 0.480. The lowest BCUT2D eigenvalue weighted by atomic mass is 10.3. The Kier molecular flexibility index (Phi) is 6.44. The van der Waals surface area contributed by atoms with Gasteiger partial charge in [0.25, 0.3) is 0 Å². The van der Waals surface area contributed by atoms with Crippen molar-refractivity contribution in [1.29, 1.82) is 0 Å². The van der Waals surface area contributed by atoms with E-state index < -0.39 is 0 Å². The van der Waals surface area contributed by atoms with E-state index in [2.05, 4.69) is 34.2 Å². The molecule has 0 spiro atoms. The maximum Gasteiger partial charge on any atom is 0.203 e. The average Bonchev–Trinajstić information content (AvgIpc) is 2.66. The van der Waals surface area contributed by atoms with Crippen molar-refractivity contribution in [3.63, 3.8) is 0 Å². The third kappa shape index (κ3) is 4.60. The molecule has 0 fully saturated rings. The van der Waals surface area contributed by atoms with Gasteiger partial charge >= 0.3 is 0 Å². The maximum atomic E-state index is 5.11. The van der Waals surface area contributed by atoms with Gasteiger partial charge in [-0.2, -0.15) is 11.8 Å². The highest BCUT2D eigenvalue weighted by atomic mass is 32.2. The van der Waals surface area contributed by atoms with Crippen LogP contribution in [0.25, 0.3) is 0 Å². The van der Waals surface area contributed by atoms with Crippen molar-refractivity contribution in [2.75, 3.05) is 31.0 Å². The summed E-state index contributed by atoms with van der Waals surface area (Å²) in [5.41, 5.74) is 1.04. The third-order valence-corrected chi connectivity index (χ3v) is 3.36. The summed E-state index contributed by atoms with van der Waals surface area (Å²) in [6, 6.07) is 0.480. The Morgan fingerprint density at radius 3 is 2.94 bits per heavy atom. The van der Waals surface area contributed by atoms with Crippen LogP contribution in [0.1, 0.15) is 19.0 Å². The monoisotopic (exact) mass is 257 g/mol. The van der Waals surface area contributed by atoms with Crippen LogP contribution in [0.5, 0.6) is 0 Å². The number of rotatable bonds is 8. The van der Waals surface area contributed by atoms with Gasteiger partial charge < -0.3 is 14.6 Å². The summed E-state index contributed by atoms with van der Waals surface area (Å²) < 4.78 is 7.24. The zero-order valence-corrected chi connectivity index (χ0v) is 12.0. The lowest BCUT2D eigenvalue weighted by Gasteiger charge is -2.17. The molecule has 17 heavy (non-hydrogen) atoms. The molecule has 98 valence electrons. The number of ether oxygens (including phenoxy) is 1. The van der Waals surface area contributed by atoms with Gasteiger partial charge in [-0.1, -0.05) is 6.92 Å². The number of anilines is 1. The minimum Gasteiger partial charge on any atom is -0.383 e. The Morgan fingerprint density at radius 1 is 1.59 bits per heavy atom. The number of hydrogen-bond acceptors (Lipinski definition) is 4. The van der Waals surface area contributed by atoms with Gasteiger partial charge in [0.1, 0.15) is 0 Å². The summed E-state index contributed by atoms with van der Waals surface area (Å²) in [7, 11) is 1.72. The Hall–Kier alpha value is -0.680. The predicted molar refractivity (Wildman–Crippen MR) is 74.9 cm³/mol. The molecule has 4 nitrogen and oxygen atoms in total. The van der Waals surface area contributed by atoms with E-state index in [1.165, 1.54) is 0 Å². The molecule has 0 amide bonds. The average molecular weight is 257 g/mol. The molecule has 0 aliphatic carbocycles. The molecule has 1 aromatic heterocycles. The van der Waals surface area contributed by atoms with E-state index in [9.17, 15) is 0 Å². The quantitative estimate of drug-likeness (QED) is 0.776. The molecule has 0 aliphatic heterocycles. The molecule has 0 bridgehead atoms. The van der Waals surface area contributed by atoms with Crippen molar-refractivity contribution >= 4 is 17.7 Å². The number of methoxy groups -OCH3 is 1. The Morgan fingerprint density at radius 2 is 2.35 bits per heavy atom. The van der Waals surface area contributed by atoms with Crippen molar-refractivity contribution < 1.29 is 4.74 Å². The van der Waals surface area contributed by atoms with E-state index >= 15 is 0 Å². The van der Waals surface area contributed by atoms with Crippen LogP contribution in [0.2, 0.25) is 0 Å². The Bertz CT molecular complexity index is 328. The zero-order valence-electron chi connectivity index (χ0n) is 11.2. The van der Waals surface area contributed by atoms with E-state index in [4.69, 9.17) is 4.74 Å². The van der Waals surface area contributed by atoms with E-state index in [1.807, 2.05) is 18.7 Å². The molecule has 1 rings (SSSR count). The molecule has 0 radical (unpaired) electrons. The highest BCUT2D eigenvalue weighted by Crippen LogP contribution is 2.13. The van der Waals surface area contributed by atoms with Gasteiger partial charge in [0, 0.05) is 31.6 Å². The second-order valence-corrected chi connectivity index (χ2v) is 5.01. The fraction of sp³-hybridized carbons (Fsp3) is 0.750. The number of aryl methyl sites for hydroxylation is 1. The number of aromatic nitrogens is 2. The molecule has 1 unspecified atom stereocenters. The SMILES string of the molecule is CCC(CSC)Nc1nc(C)cn1CCOC. The highest BCUT2D eigenvalue weighted by molar-refractivity contribution is 7.98. The van der Waals surface area contributed by atoms with Gasteiger partial charge in [-0.15, -0.1) is 0 Å². The van der Waals surface area contributed by atoms with Gasteiger partial charge in [-0.25, -0.2) is 4.98 Å². The molecular formula is C12H23N3OS. The number of imidazole rings is 1. The Balaban J connectivity index is 2.67. The number of nitrogens with one attached hydrogen (secondary N) is 1. The number of thioether (sulfide) groups is 1. The van der Waals surface area contributed by atoms with Crippen LogP contribution in [-0.4, -0.2) is 41.3 Å². The zero-order chi connectivity index (χ0) is 12.7. The molecule has 1 atom stereocenters. The van der Waals surface area contributed by atoms with E-state index in [-0.39, 0.29) is 0 Å². The van der Waals surface area contributed by atoms with E-state index in [0.717, 1.165) is 30.4 Å². The second kappa shape index (κ2) is 7.61. The number of nitrogens with zero attached hydrogens (tertiary/aromatic N) is 2. The van der Waals surface area contributed by atoms with Crippen molar-refractivity contribution in [2.45, 2.75) is 32.9 Å². The summed E-state index contributed by atoms with van der Waals surface area (Å²) in [5.74, 6) is 2.06. The van der Waals surface area contributed by atoms with Crippen molar-refractivity contribution in [1.82, 2.24) is 9.55 Å². The molecule has 0 saturated heterocycles. The molecule has 5 heteroatoms. The van der Waals surface area contributed by atoms with Crippen LogP contribution in [0.4, 0.5) is 5.95 Å². The fourth-order valence-corrected chi connectivity index (χ4v) is 2.39. The minimum absolute atomic E-state index is 0.480. The first-order chi connectivity index (χ1) is 8.21. The van der Waals surface area contributed by atoms with Gasteiger partial charge in [-0.3, -0.25) is 0 Å². The van der Waals surface area contributed by atoms with Crippen LogP contribution < -0.4 is 5.32 Å². The first-order valence-corrected chi connectivity index (χ1v) is 7.38. The topological polar surface area (TPSA) is 39.1 Å². The van der Waals surface area contributed by atoms with Crippen LogP contribution in [-0.2, 0) is 11.3 Å². The lowest BCUT2D eigenvalue weighted by molar-refractivity contribution is 0.187. The second-order valence-electron chi connectivity index (χ2n) is 4.10. The van der Waals surface area contributed by atoms with Crippen LogP contribution in [0, 0.1) is 6.92 Å². The smallest absolute Gasteiger partial charge is 0.203 e. The van der Waals surface area contributed by atoms with Crippen LogP contribution >= 0.6 is 11.8 Å². The van der Waals surface area contributed by atoms with Gasteiger partial charge in [0.05, 0.1) is 12.3 Å². The highest BCUT2D eigenvalue weighted by Gasteiger charge is 2.10. The Labute approximate surface area is 108 Å². The molecule has 1 aromatic rings. The van der Waals surface area contributed by atoms with Crippen LogP contribution in [0.3, 0.4) is 0 Å². The maximum absolute atomic E-state index is 5.11.